The number of nitrogens with one attached hydrogen (secondary N) is 1. The van der Waals surface area contributed by atoms with E-state index in [2.05, 4.69) is 10.5 Å². The molecule has 0 bridgehead atoms. The van der Waals surface area contributed by atoms with Gasteiger partial charge in [0.1, 0.15) is 5.75 Å². The van der Waals surface area contributed by atoms with E-state index in [1.54, 1.807) is 36.4 Å². The van der Waals surface area contributed by atoms with E-state index < -0.39 is 9.84 Å². The van der Waals surface area contributed by atoms with E-state index in [-0.39, 0.29) is 4.90 Å². The van der Waals surface area contributed by atoms with Crippen LogP contribution in [0.15, 0.2) is 52.5 Å². The van der Waals surface area contributed by atoms with Gasteiger partial charge in [0.05, 0.1) is 16.3 Å². The normalized spacial score (nSPS) is 15.8. The van der Waals surface area contributed by atoms with Gasteiger partial charge in [-0.25, -0.2) is 8.42 Å². The predicted octanol–water partition coefficient (Wildman–Crippen LogP) is 2.56. The Hall–Kier alpha value is -2.34. The highest BCUT2D eigenvalue weighted by atomic mass is 32.2. The van der Waals surface area contributed by atoms with E-state index in [0.29, 0.717) is 11.4 Å². The largest absolute Gasteiger partial charge is 0.508 e. The van der Waals surface area contributed by atoms with Crippen molar-refractivity contribution in [3.05, 3.63) is 53.6 Å². The Morgan fingerprint density at radius 2 is 1.82 bits per heavy atom. The van der Waals surface area contributed by atoms with Gasteiger partial charge in [-0.15, -0.1) is 0 Å². The second-order valence-corrected chi connectivity index (χ2v) is 7.29. The van der Waals surface area contributed by atoms with Crippen molar-refractivity contribution in [1.29, 1.82) is 0 Å². The number of phenolic OH excluding ortho intramolecular Hbond substituents is 1. The molecular weight excluding hydrogens is 300 g/mol. The van der Waals surface area contributed by atoms with E-state index in [1.165, 1.54) is 6.26 Å². The Kier molecular flexibility index (Phi) is 3.62. The molecule has 0 aliphatic heterocycles. The fraction of sp³-hybridized carbons (Fsp3) is 0.188. The van der Waals surface area contributed by atoms with Crippen molar-refractivity contribution in [2.75, 3.05) is 11.7 Å². The summed E-state index contributed by atoms with van der Waals surface area (Å²) in [5, 5.41) is 14.2. The van der Waals surface area contributed by atoms with E-state index in [4.69, 9.17) is 0 Å². The molecule has 0 radical (unpaired) electrons. The molecular formula is C16H16N2O3S. The minimum Gasteiger partial charge on any atom is -0.508 e. The van der Waals surface area contributed by atoms with Gasteiger partial charge < -0.3 is 5.11 Å². The SMILES string of the molecule is CS(=O)(=O)c1ccc(N/N=C2\CCc3c(O)cccc32)cc1. The first-order valence-corrected chi connectivity index (χ1v) is 8.78. The summed E-state index contributed by atoms with van der Waals surface area (Å²) in [4.78, 5) is 0.279. The zero-order valence-corrected chi connectivity index (χ0v) is 12.9. The van der Waals surface area contributed by atoms with E-state index in [9.17, 15) is 13.5 Å². The summed E-state index contributed by atoms with van der Waals surface area (Å²) in [5.41, 5.74) is 6.43. The first kappa shape index (κ1) is 14.6. The third-order valence-electron chi connectivity index (χ3n) is 3.68. The van der Waals surface area contributed by atoms with E-state index in [0.717, 1.165) is 29.7 Å². The Morgan fingerprint density at radius 1 is 1.09 bits per heavy atom. The maximum Gasteiger partial charge on any atom is 0.175 e. The maximum absolute atomic E-state index is 11.4. The van der Waals surface area contributed by atoms with Crippen LogP contribution >= 0.6 is 0 Å². The molecule has 5 nitrogen and oxygen atoms in total. The first-order chi connectivity index (χ1) is 10.4. The van der Waals surface area contributed by atoms with Crippen LogP contribution in [-0.2, 0) is 16.3 Å². The molecule has 1 aliphatic rings. The summed E-state index contributed by atoms with van der Waals surface area (Å²) in [6.45, 7) is 0. The summed E-state index contributed by atoms with van der Waals surface area (Å²) in [7, 11) is -3.19. The van der Waals surface area contributed by atoms with Crippen LogP contribution in [0.5, 0.6) is 5.75 Å². The van der Waals surface area contributed by atoms with Gasteiger partial charge >= 0.3 is 0 Å². The Labute approximate surface area is 129 Å². The number of nitrogens with zero attached hydrogens (tertiary/aromatic N) is 1. The molecule has 0 atom stereocenters. The number of fused-ring (bicyclic) bond motifs is 1. The van der Waals surface area contributed by atoms with E-state index in [1.807, 2.05) is 6.07 Å². The third-order valence-corrected chi connectivity index (χ3v) is 4.80. The van der Waals surface area contributed by atoms with Gasteiger partial charge in [-0.3, -0.25) is 5.43 Å². The van der Waals surface area contributed by atoms with Crippen molar-refractivity contribution in [2.45, 2.75) is 17.7 Å². The molecule has 0 saturated heterocycles. The molecule has 2 N–H and O–H groups in total. The van der Waals surface area contributed by atoms with Crippen LogP contribution in [0, 0.1) is 0 Å². The maximum atomic E-state index is 11.4. The number of benzene rings is 2. The standard InChI is InChI=1S/C16H16N2O3S/c1-22(20,21)12-7-5-11(6-8-12)17-18-15-10-9-14-13(15)3-2-4-16(14)19/h2-8,17,19H,9-10H2,1H3/b18-15+. The lowest BCUT2D eigenvalue weighted by atomic mass is 10.1. The highest BCUT2D eigenvalue weighted by Crippen LogP contribution is 2.30. The van der Waals surface area contributed by atoms with Crippen LogP contribution in [0.2, 0.25) is 0 Å². The molecule has 0 amide bonds. The lowest BCUT2D eigenvalue weighted by Gasteiger charge is -2.05. The molecule has 3 rings (SSSR count). The summed E-state index contributed by atoms with van der Waals surface area (Å²) < 4.78 is 22.8. The summed E-state index contributed by atoms with van der Waals surface area (Å²) in [5.74, 6) is 0.306. The molecule has 0 fully saturated rings. The van der Waals surface area contributed by atoms with Crippen molar-refractivity contribution in [3.63, 3.8) is 0 Å². The molecule has 6 heteroatoms. The van der Waals surface area contributed by atoms with Gasteiger partial charge in [-0.1, -0.05) is 12.1 Å². The Balaban J connectivity index is 1.80. The van der Waals surface area contributed by atoms with Crippen LogP contribution in [0.3, 0.4) is 0 Å². The molecule has 2 aromatic rings. The van der Waals surface area contributed by atoms with Crippen LogP contribution in [0.4, 0.5) is 5.69 Å². The summed E-state index contributed by atoms with van der Waals surface area (Å²) in [6.07, 6.45) is 2.72. The van der Waals surface area contributed by atoms with Gasteiger partial charge in [0.25, 0.3) is 0 Å². The number of hydrogen-bond acceptors (Lipinski definition) is 5. The monoisotopic (exact) mass is 316 g/mol. The molecule has 114 valence electrons. The van der Waals surface area contributed by atoms with Crippen LogP contribution in [0.1, 0.15) is 17.5 Å². The number of phenols is 1. The molecule has 0 aromatic heterocycles. The lowest BCUT2D eigenvalue weighted by molar-refractivity contribution is 0.469. The van der Waals surface area contributed by atoms with Gasteiger partial charge in [0.2, 0.25) is 0 Å². The topological polar surface area (TPSA) is 78.8 Å². The summed E-state index contributed by atoms with van der Waals surface area (Å²) >= 11 is 0. The predicted molar refractivity (Wildman–Crippen MR) is 86.1 cm³/mol. The Morgan fingerprint density at radius 3 is 2.50 bits per heavy atom. The van der Waals surface area contributed by atoms with Crippen molar-refractivity contribution in [2.24, 2.45) is 5.10 Å². The average molecular weight is 316 g/mol. The van der Waals surface area contributed by atoms with Gasteiger partial charge in [0, 0.05) is 17.4 Å². The number of hydrazone groups is 1. The number of rotatable bonds is 3. The smallest absolute Gasteiger partial charge is 0.175 e. The Bertz CT molecular complexity index is 840. The molecule has 1 aliphatic carbocycles. The van der Waals surface area contributed by atoms with Crippen molar-refractivity contribution < 1.29 is 13.5 Å². The minimum atomic E-state index is -3.19. The highest BCUT2D eigenvalue weighted by molar-refractivity contribution is 7.90. The third kappa shape index (κ3) is 2.82. The quantitative estimate of drug-likeness (QED) is 0.853. The first-order valence-electron chi connectivity index (χ1n) is 6.89. The summed E-state index contributed by atoms with van der Waals surface area (Å²) in [6, 6.07) is 11.9. The van der Waals surface area contributed by atoms with E-state index >= 15 is 0 Å². The second kappa shape index (κ2) is 5.46. The van der Waals surface area contributed by atoms with Crippen molar-refractivity contribution in [3.8, 4) is 5.75 Å². The number of hydrogen-bond donors (Lipinski definition) is 2. The highest BCUT2D eigenvalue weighted by Gasteiger charge is 2.20. The zero-order chi connectivity index (χ0) is 15.7. The fourth-order valence-electron chi connectivity index (χ4n) is 2.51. The average Bonchev–Trinajstić information content (AvgIpc) is 2.89. The molecule has 0 unspecified atom stereocenters. The van der Waals surface area contributed by atoms with Crippen molar-refractivity contribution >= 4 is 21.2 Å². The van der Waals surface area contributed by atoms with Gasteiger partial charge in [-0.05, 0) is 43.2 Å². The zero-order valence-electron chi connectivity index (χ0n) is 12.1. The molecule has 0 heterocycles. The molecule has 0 saturated carbocycles. The number of anilines is 1. The molecule has 22 heavy (non-hydrogen) atoms. The second-order valence-electron chi connectivity index (χ2n) is 5.27. The van der Waals surface area contributed by atoms with Crippen LogP contribution in [0.25, 0.3) is 0 Å². The fourth-order valence-corrected chi connectivity index (χ4v) is 3.14. The van der Waals surface area contributed by atoms with Crippen LogP contribution in [-0.4, -0.2) is 25.5 Å². The van der Waals surface area contributed by atoms with Crippen molar-refractivity contribution in [1.82, 2.24) is 0 Å². The lowest BCUT2D eigenvalue weighted by Crippen LogP contribution is -2.01. The number of sulfone groups is 1. The number of aromatic hydroxyl groups is 1. The molecule has 2 aromatic carbocycles. The minimum absolute atomic E-state index is 0.279. The van der Waals surface area contributed by atoms with Gasteiger partial charge in [-0.2, -0.15) is 5.10 Å². The van der Waals surface area contributed by atoms with Gasteiger partial charge in [0.15, 0.2) is 9.84 Å². The van der Waals surface area contributed by atoms with Crippen LogP contribution < -0.4 is 5.43 Å². The molecule has 0 spiro atoms.